The molecule has 0 radical (unpaired) electrons. The van der Waals surface area contributed by atoms with Crippen molar-refractivity contribution in [2.24, 2.45) is 0 Å². The minimum absolute atomic E-state index is 0.191. The van der Waals surface area contributed by atoms with Gasteiger partial charge in [0.05, 0.1) is 10.4 Å². The first-order chi connectivity index (χ1) is 9.98. The fraction of sp³-hybridized carbons (Fsp3) is 0.467. The highest BCUT2D eigenvalue weighted by Gasteiger charge is 2.40. The zero-order chi connectivity index (χ0) is 15.0. The Kier molecular flexibility index (Phi) is 3.86. The zero-order valence-electron chi connectivity index (χ0n) is 12.5. The molecule has 1 aliphatic heterocycles. The Morgan fingerprint density at radius 2 is 2.19 bits per heavy atom. The molecule has 4 nitrogen and oxygen atoms in total. The van der Waals surface area contributed by atoms with Crippen LogP contribution in [0.2, 0.25) is 0 Å². The second-order valence-corrected chi connectivity index (χ2v) is 7.88. The monoisotopic (exact) mass is 321 g/mol. The summed E-state index contributed by atoms with van der Waals surface area (Å²) in [4.78, 5) is 23.3. The number of thiophene rings is 1. The first-order valence-electron chi connectivity index (χ1n) is 6.97. The smallest absolute Gasteiger partial charge is 0.242 e. The van der Waals surface area contributed by atoms with Gasteiger partial charge in [0.2, 0.25) is 5.91 Å². The molecule has 0 aromatic carbocycles. The lowest BCUT2D eigenvalue weighted by Crippen LogP contribution is -2.61. The molecule has 1 aliphatic rings. The van der Waals surface area contributed by atoms with Gasteiger partial charge in [-0.2, -0.15) is 0 Å². The Morgan fingerprint density at radius 1 is 1.38 bits per heavy atom. The van der Waals surface area contributed by atoms with Gasteiger partial charge in [-0.05, 0) is 25.3 Å². The molecule has 2 aromatic heterocycles. The van der Waals surface area contributed by atoms with Crippen molar-refractivity contribution < 1.29 is 4.79 Å². The lowest BCUT2D eigenvalue weighted by Gasteiger charge is -2.44. The summed E-state index contributed by atoms with van der Waals surface area (Å²) < 4.78 is 0. The molecule has 0 unspecified atom stereocenters. The molecule has 0 saturated carbocycles. The lowest BCUT2D eigenvalue weighted by atomic mass is 9.98. The van der Waals surface area contributed by atoms with Crippen molar-refractivity contribution in [2.75, 3.05) is 20.1 Å². The molecule has 2 aromatic rings. The third-order valence-corrected chi connectivity index (χ3v) is 6.02. The van der Waals surface area contributed by atoms with Gasteiger partial charge in [-0.3, -0.25) is 9.69 Å². The molecule has 1 amide bonds. The van der Waals surface area contributed by atoms with Crippen molar-refractivity contribution in [1.82, 2.24) is 14.8 Å². The number of thiazole rings is 1. The van der Waals surface area contributed by atoms with Crippen LogP contribution in [0.25, 0.3) is 9.88 Å². The summed E-state index contributed by atoms with van der Waals surface area (Å²) in [5.41, 5.74) is -0.444. The SMILES string of the molecule is CN1CCN(Cc2cnc(-c3cccs3)s2)C(C)(C)C1=O. The van der Waals surface area contributed by atoms with Gasteiger partial charge >= 0.3 is 0 Å². The van der Waals surface area contributed by atoms with Crippen molar-refractivity contribution in [3.8, 4) is 9.88 Å². The molecule has 1 fully saturated rings. The summed E-state index contributed by atoms with van der Waals surface area (Å²) >= 11 is 3.43. The summed E-state index contributed by atoms with van der Waals surface area (Å²) in [6.07, 6.45) is 1.94. The van der Waals surface area contributed by atoms with Crippen LogP contribution >= 0.6 is 22.7 Å². The van der Waals surface area contributed by atoms with Gasteiger partial charge in [0, 0.05) is 37.8 Å². The van der Waals surface area contributed by atoms with E-state index in [0.29, 0.717) is 0 Å². The molecule has 0 bridgehead atoms. The molecule has 6 heteroatoms. The van der Waals surface area contributed by atoms with E-state index in [1.54, 1.807) is 22.7 Å². The summed E-state index contributed by atoms with van der Waals surface area (Å²) in [7, 11) is 1.88. The van der Waals surface area contributed by atoms with Gasteiger partial charge in [-0.25, -0.2) is 4.98 Å². The summed E-state index contributed by atoms with van der Waals surface area (Å²) in [6.45, 7) is 6.49. The minimum Gasteiger partial charge on any atom is -0.343 e. The van der Waals surface area contributed by atoms with Crippen LogP contribution in [0.3, 0.4) is 0 Å². The lowest BCUT2D eigenvalue weighted by molar-refractivity contribution is -0.147. The molecule has 0 N–H and O–H groups in total. The number of hydrogen-bond donors (Lipinski definition) is 0. The van der Waals surface area contributed by atoms with Crippen molar-refractivity contribution in [2.45, 2.75) is 25.9 Å². The molecule has 112 valence electrons. The van der Waals surface area contributed by atoms with E-state index in [9.17, 15) is 4.79 Å². The number of carbonyl (C=O) groups is 1. The van der Waals surface area contributed by atoms with Crippen LogP contribution < -0.4 is 0 Å². The maximum atomic E-state index is 12.3. The van der Waals surface area contributed by atoms with Gasteiger partial charge in [0.1, 0.15) is 5.01 Å². The third-order valence-electron chi connectivity index (χ3n) is 4.00. The summed E-state index contributed by atoms with van der Waals surface area (Å²) in [6, 6.07) is 4.14. The van der Waals surface area contributed by atoms with Crippen LogP contribution in [0, 0.1) is 0 Å². The first kappa shape index (κ1) is 14.7. The number of carbonyl (C=O) groups excluding carboxylic acids is 1. The number of amides is 1. The fourth-order valence-corrected chi connectivity index (χ4v) is 4.35. The van der Waals surface area contributed by atoms with E-state index in [0.717, 1.165) is 24.6 Å². The van der Waals surface area contributed by atoms with Crippen LogP contribution in [0.4, 0.5) is 0 Å². The highest BCUT2D eigenvalue weighted by atomic mass is 32.1. The van der Waals surface area contributed by atoms with Gasteiger partial charge in [-0.1, -0.05) is 6.07 Å². The van der Waals surface area contributed by atoms with E-state index in [-0.39, 0.29) is 5.91 Å². The topological polar surface area (TPSA) is 36.4 Å². The highest BCUT2D eigenvalue weighted by Crippen LogP contribution is 2.31. The normalized spacial score (nSPS) is 19.2. The zero-order valence-corrected chi connectivity index (χ0v) is 14.1. The Morgan fingerprint density at radius 3 is 2.90 bits per heavy atom. The predicted octanol–water partition coefficient (Wildman–Crippen LogP) is 2.92. The molecule has 0 aliphatic carbocycles. The number of nitrogens with zero attached hydrogens (tertiary/aromatic N) is 3. The quantitative estimate of drug-likeness (QED) is 0.872. The molecular formula is C15H19N3OS2. The van der Waals surface area contributed by atoms with Crippen molar-refractivity contribution >= 4 is 28.6 Å². The van der Waals surface area contributed by atoms with Crippen molar-refractivity contribution in [3.05, 3.63) is 28.6 Å². The van der Waals surface area contributed by atoms with Crippen molar-refractivity contribution in [1.29, 1.82) is 0 Å². The Hall–Kier alpha value is -1.24. The molecule has 0 atom stereocenters. The van der Waals surface area contributed by atoms with Crippen LogP contribution in [0.1, 0.15) is 18.7 Å². The predicted molar refractivity (Wildman–Crippen MR) is 87.6 cm³/mol. The minimum atomic E-state index is -0.444. The number of rotatable bonds is 3. The van der Waals surface area contributed by atoms with Crippen LogP contribution in [0.5, 0.6) is 0 Å². The fourth-order valence-electron chi connectivity index (χ4n) is 2.61. The Bertz CT molecular complexity index is 633. The van der Waals surface area contributed by atoms with E-state index in [1.165, 1.54) is 9.75 Å². The van der Waals surface area contributed by atoms with Gasteiger partial charge in [0.15, 0.2) is 0 Å². The van der Waals surface area contributed by atoms with E-state index >= 15 is 0 Å². The standard InChI is InChI=1S/C15H19N3OS2/c1-15(2)14(19)17(3)6-7-18(15)10-11-9-16-13(21-11)12-5-4-8-20-12/h4-5,8-9H,6-7,10H2,1-3H3. The van der Waals surface area contributed by atoms with Crippen LogP contribution in [-0.2, 0) is 11.3 Å². The summed E-state index contributed by atoms with van der Waals surface area (Å²) in [5, 5.41) is 3.14. The van der Waals surface area contributed by atoms with E-state index in [4.69, 9.17) is 0 Å². The highest BCUT2D eigenvalue weighted by molar-refractivity contribution is 7.20. The number of aromatic nitrogens is 1. The maximum Gasteiger partial charge on any atom is 0.242 e. The molecule has 1 saturated heterocycles. The van der Waals surface area contributed by atoms with Gasteiger partial charge in [0.25, 0.3) is 0 Å². The van der Waals surface area contributed by atoms with Gasteiger partial charge < -0.3 is 4.90 Å². The number of likely N-dealkylation sites (N-methyl/N-ethyl adjacent to an activating group) is 1. The third kappa shape index (κ3) is 2.75. The average Bonchev–Trinajstić information content (AvgIpc) is 3.10. The largest absolute Gasteiger partial charge is 0.343 e. The molecule has 3 rings (SSSR count). The number of piperazine rings is 1. The molecule has 3 heterocycles. The second kappa shape index (κ2) is 5.51. The molecular weight excluding hydrogens is 302 g/mol. The maximum absolute atomic E-state index is 12.3. The Labute approximate surface area is 133 Å². The van der Waals surface area contributed by atoms with E-state index in [2.05, 4.69) is 21.3 Å². The van der Waals surface area contributed by atoms with Gasteiger partial charge in [-0.15, -0.1) is 22.7 Å². The van der Waals surface area contributed by atoms with Crippen molar-refractivity contribution in [3.63, 3.8) is 0 Å². The second-order valence-electron chi connectivity index (χ2n) is 5.82. The first-order valence-corrected chi connectivity index (χ1v) is 8.67. The average molecular weight is 321 g/mol. The molecule has 0 spiro atoms. The van der Waals surface area contributed by atoms with E-state index < -0.39 is 5.54 Å². The van der Waals surface area contributed by atoms with Crippen LogP contribution in [0.15, 0.2) is 23.7 Å². The van der Waals surface area contributed by atoms with E-state index in [1.807, 2.05) is 38.1 Å². The summed E-state index contributed by atoms with van der Waals surface area (Å²) in [5.74, 6) is 0.191. The molecule has 21 heavy (non-hydrogen) atoms. The Balaban J connectivity index is 1.76. The van der Waals surface area contributed by atoms with Crippen LogP contribution in [-0.4, -0.2) is 46.4 Å². The number of hydrogen-bond acceptors (Lipinski definition) is 5.